The lowest BCUT2D eigenvalue weighted by atomic mass is 10.0. The van der Waals surface area contributed by atoms with Gasteiger partial charge >= 0.3 is 5.20 Å². The second-order valence-corrected chi connectivity index (χ2v) is 20.2. The summed E-state index contributed by atoms with van der Waals surface area (Å²) in [5, 5.41) is 2.83. The van der Waals surface area contributed by atoms with Crippen molar-refractivity contribution in [3.8, 4) is 0 Å². The molecule has 308 valence electrons. The maximum atomic E-state index is 12.7. The largest absolute Gasteiger partial charge is 0.346 e. The number of imidazole rings is 3. The Morgan fingerprint density at radius 2 is 1.30 bits per heavy atom. The number of amides is 1. The van der Waals surface area contributed by atoms with E-state index in [0.717, 1.165) is 27.9 Å². The molecule has 1 aromatic carbocycles. The summed E-state index contributed by atoms with van der Waals surface area (Å²) in [5.74, 6) is 1.47. The summed E-state index contributed by atoms with van der Waals surface area (Å²) in [4.78, 5) is 56.0. The standard InChI is InChI=1S/C23H16Cl2N6O.C7H4ClN3O.C6H4ClN3.CH4.Cl3OP/c24-17-7-16-5-14(1-2-21(16)27-9-17)6-19-8-15(3-4-26-19)22(32)28-11-20-12-30-23-29-10-18(25)13-31(20)23;8-5-1-9-7-10-2-6(4-12)11(7)3-5;7-5-3-9-6-8-1-2-10(6)4-5;;1-5(2,3)4/h1-5,7-10,12-13H,6,11H2,(H,28,32);1-4H;1-4H;1H4;. The first-order valence-corrected chi connectivity index (χ1v) is 22.5. The van der Waals surface area contributed by atoms with Crippen LogP contribution >= 0.6 is 85.3 Å². The molecule has 0 fully saturated rings. The molecule has 0 spiro atoms. The van der Waals surface area contributed by atoms with Crippen LogP contribution in [0.15, 0.2) is 111 Å². The highest BCUT2D eigenvalue weighted by Crippen LogP contribution is 2.61. The van der Waals surface area contributed by atoms with Crippen molar-refractivity contribution >= 4 is 126 Å². The van der Waals surface area contributed by atoms with Crippen LogP contribution in [-0.4, -0.2) is 65.3 Å². The number of pyridine rings is 2. The average molecular weight is 968 g/mol. The van der Waals surface area contributed by atoms with Gasteiger partial charge in [0.15, 0.2) is 6.29 Å². The predicted molar refractivity (Wildman–Crippen MR) is 236 cm³/mol. The molecule has 0 radical (unpaired) electrons. The van der Waals surface area contributed by atoms with Gasteiger partial charge in [-0.3, -0.25) is 37.3 Å². The zero-order valence-corrected chi connectivity index (χ0v) is 35.8. The molecule has 8 heterocycles. The topological polar surface area (TPSA) is 180 Å². The number of aromatic nitrogens is 11. The Bertz CT molecular complexity index is 2970. The van der Waals surface area contributed by atoms with Gasteiger partial charge < -0.3 is 5.32 Å². The van der Waals surface area contributed by atoms with Crippen LogP contribution in [0, 0.1) is 0 Å². The monoisotopic (exact) mass is 964 g/mol. The number of nitrogens with one attached hydrogen (secondary N) is 1. The molecule has 8 aromatic heterocycles. The van der Waals surface area contributed by atoms with Crippen molar-refractivity contribution in [2.24, 2.45) is 0 Å². The fourth-order valence-corrected chi connectivity index (χ4v) is 5.85. The minimum atomic E-state index is -3.22. The zero-order valence-electron chi connectivity index (χ0n) is 29.6. The maximum Gasteiger partial charge on any atom is 0.339 e. The number of hydrogen-bond donors (Lipinski definition) is 1. The number of carbonyl (C=O) groups excluding carboxylic acids is 2. The maximum absolute atomic E-state index is 12.7. The molecule has 0 aliphatic carbocycles. The number of hydrogen-bond acceptors (Lipinski definition) is 11. The number of aldehydes is 1. The first kappa shape index (κ1) is 46.1. The third-order valence-corrected chi connectivity index (χ3v) is 8.50. The van der Waals surface area contributed by atoms with Crippen LogP contribution in [0.5, 0.6) is 0 Å². The molecule has 15 nitrogen and oxygen atoms in total. The molecule has 60 heavy (non-hydrogen) atoms. The minimum absolute atomic E-state index is 0. The van der Waals surface area contributed by atoms with Crippen molar-refractivity contribution in [2.45, 2.75) is 20.4 Å². The number of benzene rings is 1. The van der Waals surface area contributed by atoms with Gasteiger partial charge in [-0.25, -0.2) is 29.9 Å². The first-order valence-electron chi connectivity index (χ1n) is 16.5. The highest BCUT2D eigenvalue weighted by Gasteiger charge is 2.11. The van der Waals surface area contributed by atoms with Gasteiger partial charge in [0, 0.05) is 66.4 Å². The molecule has 0 bridgehead atoms. The molecule has 1 N–H and O–H groups in total. The van der Waals surface area contributed by atoms with Crippen LogP contribution in [-0.2, 0) is 17.5 Å². The van der Waals surface area contributed by atoms with Crippen molar-refractivity contribution in [2.75, 3.05) is 0 Å². The number of fused-ring (bicyclic) bond motifs is 4. The summed E-state index contributed by atoms with van der Waals surface area (Å²) >= 11 is 37.3. The molecular weight excluding hydrogens is 940 g/mol. The smallest absolute Gasteiger partial charge is 0.339 e. The molecule has 0 saturated heterocycles. The van der Waals surface area contributed by atoms with Crippen LogP contribution in [0.3, 0.4) is 0 Å². The molecule has 0 atom stereocenters. The molecule has 23 heteroatoms. The average Bonchev–Trinajstić information content (AvgIpc) is 3.95. The lowest BCUT2D eigenvalue weighted by Crippen LogP contribution is -2.23. The van der Waals surface area contributed by atoms with E-state index in [2.05, 4.69) is 78.9 Å². The van der Waals surface area contributed by atoms with Crippen molar-refractivity contribution in [3.63, 3.8) is 0 Å². The third kappa shape index (κ3) is 13.0. The number of halogens is 7. The Morgan fingerprint density at radius 1 is 0.683 bits per heavy atom. The highest BCUT2D eigenvalue weighted by atomic mass is 36.0. The quantitative estimate of drug-likeness (QED) is 0.124. The molecule has 1 amide bonds. The van der Waals surface area contributed by atoms with Gasteiger partial charge in [0.25, 0.3) is 5.91 Å². The van der Waals surface area contributed by atoms with E-state index in [9.17, 15) is 14.2 Å². The molecule has 0 aliphatic heterocycles. The van der Waals surface area contributed by atoms with Crippen molar-refractivity contribution < 1.29 is 14.2 Å². The van der Waals surface area contributed by atoms with E-state index in [1.54, 1.807) is 76.7 Å². The van der Waals surface area contributed by atoms with E-state index in [-0.39, 0.29) is 19.9 Å². The van der Waals surface area contributed by atoms with E-state index >= 15 is 0 Å². The Labute approximate surface area is 375 Å². The second kappa shape index (κ2) is 21.0. The molecule has 0 aliphatic rings. The third-order valence-electron chi connectivity index (χ3n) is 7.71. The minimum Gasteiger partial charge on any atom is -0.346 e. The molecule has 9 aromatic rings. The van der Waals surface area contributed by atoms with E-state index in [4.69, 9.17) is 46.4 Å². The van der Waals surface area contributed by atoms with Crippen molar-refractivity contribution in [1.29, 1.82) is 0 Å². The Balaban J connectivity index is 0.000000197. The molecule has 9 rings (SSSR count). The predicted octanol–water partition coefficient (Wildman–Crippen LogP) is 10.5. The van der Waals surface area contributed by atoms with E-state index < -0.39 is 5.20 Å². The first-order chi connectivity index (χ1) is 28.2. The second-order valence-electron chi connectivity index (χ2n) is 11.8. The van der Waals surface area contributed by atoms with Gasteiger partial charge in [0.1, 0.15) is 5.69 Å². The van der Waals surface area contributed by atoms with Crippen molar-refractivity contribution in [3.05, 3.63) is 159 Å². The SMILES string of the molecule is C.Clc1cnc2nccn2c1.O=C(NCc1cnc2ncc(Cl)cn12)c1ccnc(Cc2ccc3ncc(Cl)cc3c2)c1.O=Cc1cnc2ncc(Cl)cn12.O=P(Cl)(Cl)Cl. The summed E-state index contributed by atoms with van der Waals surface area (Å²) < 4.78 is 14.6. The van der Waals surface area contributed by atoms with Gasteiger partial charge in [-0.15, -0.1) is 0 Å². The van der Waals surface area contributed by atoms with Crippen LogP contribution < -0.4 is 5.32 Å². The normalized spacial score (nSPS) is 10.8. The van der Waals surface area contributed by atoms with Crippen LogP contribution in [0.2, 0.25) is 20.1 Å². The number of rotatable bonds is 6. The van der Waals surface area contributed by atoms with Gasteiger partial charge in [-0.1, -0.05) is 59.9 Å². The van der Waals surface area contributed by atoms with E-state index in [1.165, 1.54) is 23.0 Å². The Morgan fingerprint density at radius 3 is 2.02 bits per heavy atom. The number of carbonyl (C=O) groups is 2. The fraction of sp³-hybridized carbons (Fsp3) is 0.0811. The molecule has 0 saturated carbocycles. The lowest BCUT2D eigenvalue weighted by molar-refractivity contribution is 0.0949. The van der Waals surface area contributed by atoms with Crippen LogP contribution in [0.1, 0.15) is 45.2 Å². The summed E-state index contributed by atoms with van der Waals surface area (Å²) in [7, 11) is 0. The van der Waals surface area contributed by atoms with Gasteiger partial charge in [-0.2, -0.15) is 0 Å². The summed E-state index contributed by atoms with van der Waals surface area (Å²) in [6, 6.07) is 11.4. The fourth-order valence-electron chi connectivity index (χ4n) is 5.24. The highest BCUT2D eigenvalue weighted by molar-refractivity contribution is 8.24. The molecule has 0 unspecified atom stereocenters. The Hall–Kier alpha value is -4.96. The summed E-state index contributed by atoms with van der Waals surface area (Å²) in [6.07, 6.45) is 20.8. The van der Waals surface area contributed by atoms with Gasteiger partial charge in [0.2, 0.25) is 17.3 Å². The number of nitrogens with zero attached hydrogens (tertiary/aromatic N) is 11. The summed E-state index contributed by atoms with van der Waals surface area (Å²) in [5.41, 5.74) is 4.48. The van der Waals surface area contributed by atoms with Crippen molar-refractivity contribution in [1.82, 2.24) is 58.4 Å². The summed E-state index contributed by atoms with van der Waals surface area (Å²) in [6.45, 7) is 0.290. The van der Waals surface area contributed by atoms with Gasteiger partial charge in [0.05, 0.1) is 68.8 Å². The zero-order chi connectivity index (χ0) is 42.1. The Kier molecular flexibility index (Phi) is 16.2. The van der Waals surface area contributed by atoms with E-state index in [1.807, 2.05) is 24.3 Å². The van der Waals surface area contributed by atoms with Crippen LogP contribution in [0.25, 0.3) is 28.2 Å². The lowest BCUT2D eigenvalue weighted by Gasteiger charge is -2.08. The van der Waals surface area contributed by atoms with E-state index in [0.29, 0.717) is 61.4 Å². The van der Waals surface area contributed by atoms with Gasteiger partial charge in [-0.05, 0) is 69.6 Å². The van der Waals surface area contributed by atoms with Crippen LogP contribution in [0.4, 0.5) is 0 Å². The molecular formula is C37H28Cl7N12O3P.